The summed E-state index contributed by atoms with van der Waals surface area (Å²) < 4.78 is 45.0. The van der Waals surface area contributed by atoms with E-state index in [1.807, 2.05) is 0 Å². The van der Waals surface area contributed by atoms with E-state index in [-0.39, 0.29) is 23.0 Å². The van der Waals surface area contributed by atoms with Gasteiger partial charge in [-0.1, -0.05) is 29.1 Å². The molecule has 0 bridgehead atoms. The molecule has 0 amide bonds. The smallest absolute Gasteiger partial charge is 0.338 e. The third kappa shape index (κ3) is 3.39. The molecule has 2 N–H and O–H groups in total. The van der Waals surface area contributed by atoms with Crippen molar-refractivity contribution >= 4 is 11.8 Å². The fourth-order valence-corrected chi connectivity index (χ4v) is 3.10. The molecule has 3 aromatic rings. The second kappa shape index (κ2) is 6.31. The first kappa shape index (κ1) is 16.9. The van der Waals surface area contributed by atoms with Gasteiger partial charge in [0.2, 0.25) is 16.9 Å². The van der Waals surface area contributed by atoms with Crippen molar-refractivity contribution in [3.8, 4) is 11.4 Å². The predicted molar refractivity (Wildman–Crippen MR) is 86.4 cm³/mol. The lowest BCUT2D eigenvalue weighted by molar-refractivity contribution is -0.137. The van der Waals surface area contributed by atoms with Crippen LogP contribution in [-0.2, 0) is 11.9 Å². The van der Waals surface area contributed by atoms with Crippen LogP contribution in [0.5, 0.6) is 0 Å². The standard InChI is InChI=1S/C15H13F3N6OS/c16-15(17,18)10-3-1-2-9(6-10)12-20-11(25-23-12)7-26-14-22-21-13(24(14)19)8-4-5-8/h1-3,6,8H,4-5,7,19H2. The lowest BCUT2D eigenvalue weighted by Gasteiger charge is -2.06. The van der Waals surface area contributed by atoms with E-state index in [1.54, 1.807) is 0 Å². The number of aromatic nitrogens is 5. The monoisotopic (exact) mass is 382 g/mol. The zero-order chi connectivity index (χ0) is 18.3. The van der Waals surface area contributed by atoms with Gasteiger partial charge < -0.3 is 10.4 Å². The molecule has 136 valence electrons. The van der Waals surface area contributed by atoms with Crippen molar-refractivity contribution in [3.05, 3.63) is 41.5 Å². The summed E-state index contributed by atoms with van der Waals surface area (Å²) in [5.74, 6) is 7.73. The first-order valence-electron chi connectivity index (χ1n) is 7.75. The number of hydrogen-bond donors (Lipinski definition) is 1. The molecule has 1 saturated carbocycles. The molecule has 0 atom stereocenters. The van der Waals surface area contributed by atoms with E-state index in [4.69, 9.17) is 10.4 Å². The van der Waals surface area contributed by atoms with Crippen LogP contribution in [0, 0.1) is 0 Å². The molecule has 1 aliphatic carbocycles. The Balaban J connectivity index is 1.47. The van der Waals surface area contributed by atoms with Crippen molar-refractivity contribution in [1.29, 1.82) is 0 Å². The Morgan fingerprint density at radius 1 is 1.27 bits per heavy atom. The van der Waals surface area contributed by atoms with Crippen LogP contribution in [-0.4, -0.2) is 25.0 Å². The summed E-state index contributed by atoms with van der Waals surface area (Å²) in [7, 11) is 0. The number of benzene rings is 1. The fourth-order valence-electron chi connectivity index (χ4n) is 2.40. The molecule has 0 unspecified atom stereocenters. The highest BCUT2D eigenvalue weighted by molar-refractivity contribution is 7.98. The van der Waals surface area contributed by atoms with Crippen molar-refractivity contribution in [2.45, 2.75) is 35.8 Å². The maximum atomic E-state index is 12.8. The quantitative estimate of drug-likeness (QED) is 0.535. The molecule has 11 heteroatoms. The van der Waals surface area contributed by atoms with Crippen LogP contribution in [0.15, 0.2) is 33.9 Å². The van der Waals surface area contributed by atoms with E-state index in [0.717, 1.165) is 30.8 Å². The normalized spacial score (nSPS) is 14.7. The second-order valence-electron chi connectivity index (χ2n) is 5.86. The third-order valence-electron chi connectivity index (χ3n) is 3.87. The summed E-state index contributed by atoms with van der Waals surface area (Å²) >= 11 is 1.27. The van der Waals surface area contributed by atoms with E-state index in [2.05, 4.69) is 20.3 Å². The first-order chi connectivity index (χ1) is 12.4. The number of thioether (sulfide) groups is 1. The van der Waals surface area contributed by atoms with Crippen molar-refractivity contribution in [2.24, 2.45) is 0 Å². The van der Waals surface area contributed by atoms with E-state index >= 15 is 0 Å². The van der Waals surface area contributed by atoms with Gasteiger partial charge in [0.15, 0.2) is 5.82 Å². The number of nitrogens with zero attached hydrogens (tertiary/aromatic N) is 5. The van der Waals surface area contributed by atoms with E-state index < -0.39 is 11.7 Å². The Kier molecular flexibility index (Phi) is 4.10. The molecule has 2 heterocycles. The molecule has 0 aliphatic heterocycles. The largest absolute Gasteiger partial charge is 0.416 e. The summed E-state index contributed by atoms with van der Waals surface area (Å²) in [6.45, 7) is 0. The number of hydrogen-bond acceptors (Lipinski definition) is 7. The van der Waals surface area contributed by atoms with Gasteiger partial charge in [0, 0.05) is 11.5 Å². The van der Waals surface area contributed by atoms with Crippen molar-refractivity contribution in [3.63, 3.8) is 0 Å². The maximum Gasteiger partial charge on any atom is 0.416 e. The summed E-state index contributed by atoms with van der Waals surface area (Å²) in [6.07, 6.45) is -2.31. The lowest BCUT2D eigenvalue weighted by Crippen LogP contribution is -2.13. The van der Waals surface area contributed by atoms with Gasteiger partial charge in [0.05, 0.1) is 11.3 Å². The van der Waals surface area contributed by atoms with Crippen LogP contribution >= 0.6 is 11.8 Å². The Morgan fingerprint density at radius 3 is 2.81 bits per heavy atom. The second-order valence-corrected chi connectivity index (χ2v) is 6.81. The van der Waals surface area contributed by atoms with Gasteiger partial charge in [-0.15, -0.1) is 10.2 Å². The molecule has 1 fully saturated rings. The highest BCUT2D eigenvalue weighted by Gasteiger charge is 2.31. The van der Waals surface area contributed by atoms with Crippen molar-refractivity contribution in [2.75, 3.05) is 5.84 Å². The van der Waals surface area contributed by atoms with Crippen LogP contribution in [0.25, 0.3) is 11.4 Å². The minimum Gasteiger partial charge on any atom is -0.338 e. The van der Waals surface area contributed by atoms with Gasteiger partial charge in [-0.05, 0) is 25.0 Å². The number of nitrogen functional groups attached to an aromatic ring is 1. The zero-order valence-corrected chi connectivity index (χ0v) is 14.1. The Morgan fingerprint density at radius 2 is 2.08 bits per heavy atom. The molecule has 0 spiro atoms. The minimum absolute atomic E-state index is 0.0968. The number of nitrogens with two attached hydrogens (primary N) is 1. The van der Waals surface area contributed by atoms with E-state index in [1.165, 1.54) is 28.6 Å². The van der Waals surface area contributed by atoms with Crippen LogP contribution in [0.1, 0.15) is 36.0 Å². The van der Waals surface area contributed by atoms with Crippen LogP contribution < -0.4 is 5.84 Å². The predicted octanol–water partition coefficient (Wildman–Crippen LogP) is 3.23. The molecule has 4 rings (SSSR count). The van der Waals surface area contributed by atoms with Crippen LogP contribution in [0.4, 0.5) is 13.2 Å². The highest BCUT2D eigenvalue weighted by atomic mass is 32.2. The van der Waals surface area contributed by atoms with E-state index in [0.29, 0.717) is 11.1 Å². The van der Waals surface area contributed by atoms with Gasteiger partial charge in [-0.25, -0.2) is 4.68 Å². The fraction of sp³-hybridized carbons (Fsp3) is 0.333. The number of rotatable bonds is 5. The molecule has 1 aromatic carbocycles. The van der Waals surface area contributed by atoms with E-state index in [9.17, 15) is 13.2 Å². The van der Waals surface area contributed by atoms with Gasteiger partial charge in [-0.3, -0.25) is 0 Å². The summed E-state index contributed by atoms with van der Waals surface area (Å²) in [5, 5.41) is 12.4. The molecule has 7 nitrogen and oxygen atoms in total. The number of alkyl halides is 3. The summed E-state index contributed by atoms with van der Waals surface area (Å²) in [4.78, 5) is 4.14. The van der Waals surface area contributed by atoms with Gasteiger partial charge in [0.1, 0.15) is 0 Å². The lowest BCUT2D eigenvalue weighted by atomic mass is 10.1. The van der Waals surface area contributed by atoms with Crippen LogP contribution in [0.2, 0.25) is 0 Å². The molecule has 2 aromatic heterocycles. The molecule has 26 heavy (non-hydrogen) atoms. The Bertz CT molecular complexity index is 934. The minimum atomic E-state index is -4.43. The van der Waals surface area contributed by atoms with Gasteiger partial charge >= 0.3 is 6.18 Å². The maximum absolute atomic E-state index is 12.8. The van der Waals surface area contributed by atoms with Crippen LogP contribution in [0.3, 0.4) is 0 Å². The van der Waals surface area contributed by atoms with Gasteiger partial charge in [-0.2, -0.15) is 18.2 Å². The Hall–Kier alpha value is -2.56. The third-order valence-corrected chi connectivity index (χ3v) is 4.80. The van der Waals surface area contributed by atoms with Crippen molar-refractivity contribution < 1.29 is 17.7 Å². The topological polar surface area (TPSA) is 95.7 Å². The highest BCUT2D eigenvalue weighted by Crippen LogP contribution is 2.39. The molecule has 0 radical (unpaired) electrons. The number of halogens is 3. The molecule has 1 aliphatic rings. The average molecular weight is 382 g/mol. The Labute approximate surface area is 149 Å². The molecular weight excluding hydrogens is 369 g/mol. The molecular formula is C15H13F3N6OS. The van der Waals surface area contributed by atoms with Gasteiger partial charge in [0.25, 0.3) is 0 Å². The first-order valence-corrected chi connectivity index (χ1v) is 8.74. The summed E-state index contributed by atoms with van der Waals surface area (Å²) in [5.41, 5.74) is -0.530. The van der Waals surface area contributed by atoms with Crippen molar-refractivity contribution in [1.82, 2.24) is 25.0 Å². The summed E-state index contributed by atoms with van der Waals surface area (Å²) in [6, 6.07) is 4.78. The SMILES string of the molecule is Nn1c(SCc2nc(-c3cccc(C(F)(F)F)c3)no2)nnc1C1CC1. The zero-order valence-electron chi connectivity index (χ0n) is 13.3. The average Bonchev–Trinajstić information content (AvgIpc) is 3.22. The molecule has 0 saturated heterocycles.